The summed E-state index contributed by atoms with van der Waals surface area (Å²) < 4.78 is 5.34. The summed E-state index contributed by atoms with van der Waals surface area (Å²) in [6, 6.07) is 7.17. The molecule has 0 aliphatic carbocycles. The molecule has 2 unspecified atom stereocenters. The van der Waals surface area contributed by atoms with Crippen LogP contribution in [0, 0.1) is 6.92 Å². The molecule has 3 aliphatic heterocycles. The van der Waals surface area contributed by atoms with E-state index < -0.39 is 12.2 Å². The van der Waals surface area contributed by atoms with E-state index in [1.165, 1.54) is 4.90 Å². The van der Waals surface area contributed by atoms with Gasteiger partial charge < -0.3 is 14.5 Å². The Kier molecular flexibility index (Phi) is 4.58. The molecule has 1 fully saturated rings. The fourth-order valence-corrected chi connectivity index (χ4v) is 3.97. The summed E-state index contributed by atoms with van der Waals surface area (Å²) in [6.45, 7) is 7.05. The molecule has 148 valence electrons. The van der Waals surface area contributed by atoms with E-state index in [-0.39, 0.29) is 18.5 Å². The van der Waals surface area contributed by atoms with Crippen LogP contribution in [0.3, 0.4) is 0 Å². The van der Waals surface area contributed by atoms with Crippen molar-refractivity contribution in [2.75, 3.05) is 31.7 Å². The minimum absolute atomic E-state index is 0.234. The first-order chi connectivity index (χ1) is 13.5. The van der Waals surface area contributed by atoms with Crippen LogP contribution in [0.2, 0.25) is 0 Å². The number of aryl methyl sites for hydroxylation is 1. The average molecular weight is 383 g/mol. The molecule has 8 nitrogen and oxygen atoms in total. The summed E-state index contributed by atoms with van der Waals surface area (Å²) in [7, 11) is 1.70. The third-order valence-corrected chi connectivity index (χ3v) is 5.41. The van der Waals surface area contributed by atoms with E-state index in [1.807, 2.05) is 61.0 Å². The van der Waals surface area contributed by atoms with Gasteiger partial charge in [-0.1, -0.05) is 18.2 Å². The largest absolute Gasteiger partial charge is 0.380 e. The molecular formula is C20H25N5O3. The zero-order chi connectivity index (χ0) is 20.0. The number of anilines is 1. The Morgan fingerprint density at radius 2 is 1.93 bits per heavy atom. The molecule has 28 heavy (non-hydrogen) atoms. The zero-order valence-electron chi connectivity index (χ0n) is 16.6. The van der Waals surface area contributed by atoms with Crippen LogP contribution in [-0.2, 0) is 9.53 Å². The Morgan fingerprint density at radius 3 is 2.64 bits per heavy atom. The van der Waals surface area contributed by atoms with Crippen molar-refractivity contribution >= 4 is 23.6 Å². The number of nitrogens with zero attached hydrogens (tertiary/aromatic N) is 5. The van der Waals surface area contributed by atoms with Gasteiger partial charge in [-0.3, -0.25) is 14.6 Å². The number of imide groups is 1. The van der Waals surface area contributed by atoms with Crippen molar-refractivity contribution in [2.45, 2.75) is 33.0 Å². The second-order valence-corrected chi connectivity index (χ2v) is 7.17. The highest BCUT2D eigenvalue weighted by Gasteiger charge is 2.54. The number of guanidine groups is 1. The number of carbonyl (C=O) groups excluding carboxylic acids is 2. The monoisotopic (exact) mass is 383 g/mol. The van der Waals surface area contributed by atoms with E-state index >= 15 is 0 Å². The highest BCUT2D eigenvalue weighted by Crippen LogP contribution is 2.37. The third kappa shape index (κ3) is 2.67. The number of benzene rings is 1. The van der Waals surface area contributed by atoms with Gasteiger partial charge >= 0.3 is 6.03 Å². The van der Waals surface area contributed by atoms with Gasteiger partial charge in [0.05, 0.1) is 18.8 Å². The molecule has 1 saturated heterocycles. The number of ether oxygens (including phenoxy) is 1. The topological polar surface area (TPSA) is 68.7 Å². The zero-order valence-corrected chi connectivity index (χ0v) is 16.6. The van der Waals surface area contributed by atoms with E-state index in [1.54, 1.807) is 11.9 Å². The smallest absolute Gasteiger partial charge is 0.328 e. The number of urea groups is 1. The summed E-state index contributed by atoms with van der Waals surface area (Å²) in [5.41, 5.74) is 3.12. The van der Waals surface area contributed by atoms with Crippen molar-refractivity contribution in [3.8, 4) is 0 Å². The lowest BCUT2D eigenvalue weighted by Gasteiger charge is -2.40. The summed E-state index contributed by atoms with van der Waals surface area (Å²) in [6.07, 6.45) is 1.41. The van der Waals surface area contributed by atoms with Crippen molar-refractivity contribution in [3.05, 3.63) is 41.7 Å². The van der Waals surface area contributed by atoms with Crippen molar-refractivity contribution < 1.29 is 14.3 Å². The fraction of sp³-hybridized carbons (Fsp3) is 0.450. The highest BCUT2D eigenvalue weighted by molar-refractivity contribution is 6.10. The Labute approximate surface area is 164 Å². The van der Waals surface area contributed by atoms with Crippen LogP contribution in [-0.4, -0.2) is 71.6 Å². The van der Waals surface area contributed by atoms with E-state index in [0.717, 1.165) is 16.9 Å². The maximum absolute atomic E-state index is 13.2. The summed E-state index contributed by atoms with van der Waals surface area (Å²) >= 11 is 0. The molecule has 4 rings (SSSR count). The average Bonchev–Trinajstić information content (AvgIpc) is 3.18. The Bertz CT molecular complexity index is 880. The Hall–Kier alpha value is -2.87. The van der Waals surface area contributed by atoms with E-state index in [0.29, 0.717) is 19.2 Å². The van der Waals surface area contributed by atoms with Gasteiger partial charge in [-0.15, -0.1) is 0 Å². The molecule has 0 saturated carbocycles. The van der Waals surface area contributed by atoms with Gasteiger partial charge in [0.25, 0.3) is 5.91 Å². The molecule has 0 spiro atoms. The summed E-state index contributed by atoms with van der Waals surface area (Å²) in [4.78, 5) is 37.4. The van der Waals surface area contributed by atoms with Gasteiger partial charge in [-0.25, -0.2) is 9.79 Å². The van der Waals surface area contributed by atoms with E-state index in [2.05, 4.69) is 0 Å². The van der Waals surface area contributed by atoms with Crippen molar-refractivity contribution in [3.63, 3.8) is 0 Å². The maximum Gasteiger partial charge on any atom is 0.328 e. The molecule has 8 heteroatoms. The SMILES string of the molecule is CCOCCN1C(=O)C2C(N=C3N(c4ccccc4C)C(C)=CN32)N(C)C1=O. The first-order valence-electron chi connectivity index (χ1n) is 9.52. The molecule has 0 radical (unpaired) electrons. The van der Waals surface area contributed by atoms with E-state index in [4.69, 9.17) is 9.73 Å². The molecule has 3 amide bonds. The minimum atomic E-state index is -0.553. The van der Waals surface area contributed by atoms with Crippen molar-refractivity contribution in [2.24, 2.45) is 4.99 Å². The number of allylic oxidation sites excluding steroid dienone is 1. The number of amides is 3. The lowest BCUT2D eigenvalue weighted by molar-refractivity contribution is -0.137. The maximum atomic E-state index is 13.2. The Balaban J connectivity index is 1.66. The molecule has 0 bridgehead atoms. The van der Waals surface area contributed by atoms with Gasteiger partial charge in [-0.2, -0.15) is 0 Å². The van der Waals surface area contributed by atoms with Crippen LogP contribution in [0.25, 0.3) is 0 Å². The lowest BCUT2D eigenvalue weighted by atomic mass is 10.1. The highest BCUT2D eigenvalue weighted by atomic mass is 16.5. The number of hydrogen-bond donors (Lipinski definition) is 0. The van der Waals surface area contributed by atoms with E-state index in [9.17, 15) is 9.59 Å². The van der Waals surface area contributed by atoms with Crippen LogP contribution in [0.4, 0.5) is 10.5 Å². The van der Waals surface area contributed by atoms with Crippen LogP contribution >= 0.6 is 0 Å². The van der Waals surface area contributed by atoms with Gasteiger partial charge in [0.15, 0.2) is 12.2 Å². The molecule has 0 N–H and O–H groups in total. The minimum Gasteiger partial charge on any atom is -0.380 e. The first-order valence-corrected chi connectivity index (χ1v) is 9.52. The van der Waals surface area contributed by atoms with Gasteiger partial charge in [-0.05, 0) is 32.4 Å². The van der Waals surface area contributed by atoms with Crippen LogP contribution in [0.5, 0.6) is 0 Å². The molecule has 2 atom stereocenters. The Morgan fingerprint density at radius 1 is 1.18 bits per heavy atom. The number of fused-ring (bicyclic) bond motifs is 3. The quantitative estimate of drug-likeness (QED) is 0.727. The van der Waals surface area contributed by atoms with Gasteiger partial charge in [0.2, 0.25) is 5.96 Å². The second-order valence-electron chi connectivity index (χ2n) is 7.17. The third-order valence-electron chi connectivity index (χ3n) is 5.41. The van der Waals surface area contributed by atoms with Crippen LogP contribution in [0.15, 0.2) is 41.2 Å². The molecule has 3 aliphatic rings. The number of likely N-dealkylation sites (N-methyl/N-ethyl adjacent to an activating group) is 1. The van der Waals surface area contributed by atoms with Gasteiger partial charge in [0.1, 0.15) is 0 Å². The van der Waals surface area contributed by atoms with Gasteiger partial charge in [0, 0.05) is 25.6 Å². The number of carbonyl (C=O) groups is 2. The van der Waals surface area contributed by atoms with Crippen molar-refractivity contribution in [1.82, 2.24) is 14.7 Å². The van der Waals surface area contributed by atoms with Crippen LogP contribution in [0.1, 0.15) is 19.4 Å². The van der Waals surface area contributed by atoms with Crippen molar-refractivity contribution in [1.29, 1.82) is 0 Å². The number of hydrogen-bond acceptors (Lipinski definition) is 6. The second kappa shape index (κ2) is 6.94. The normalized spacial score (nSPS) is 23.9. The lowest BCUT2D eigenvalue weighted by Crippen LogP contribution is -2.64. The standard InChI is InChI=1S/C20H25N5O3/c1-5-28-11-10-23-18(26)16-17(22(4)20(23)27)21-19-24(16)12-14(3)25(19)15-9-7-6-8-13(15)2/h6-9,12,16-17H,5,10-11H2,1-4H3. The predicted molar refractivity (Wildman–Crippen MR) is 106 cm³/mol. The fourth-order valence-electron chi connectivity index (χ4n) is 3.97. The summed E-state index contributed by atoms with van der Waals surface area (Å²) in [5.74, 6) is 0.448. The first kappa shape index (κ1) is 18.5. The molecule has 0 aromatic heterocycles. The molecule has 1 aromatic rings. The number of aliphatic imine (C=N–C) groups is 1. The molecule has 3 heterocycles. The molecular weight excluding hydrogens is 358 g/mol. The predicted octanol–water partition coefficient (Wildman–Crippen LogP) is 1.97. The number of para-hydroxylation sites is 1. The number of rotatable bonds is 5. The van der Waals surface area contributed by atoms with Crippen LogP contribution < -0.4 is 4.90 Å². The summed E-state index contributed by atoms with van der Waals surface area (Å²) in [5, 5.41) is 0. The molecule has 1 aromatic carbocycles.